The Balaban J connectivity index is 3.06. The molecule has 1 amide bonds. The standard InChI is InChI=1S/C12H14FNO5S/c1-7(4-11(15)16)20(18,19)6-9-5-8(12(14)17)2-3-10(9)13/h2-3,5,7H,4,6H2,1H3,(H2,14,17)(H,15,16). The number of amides is 1. The van der Waals surface area contributed by atoms with Crippen LogP contribution in [0.25, 0.3) is 0 Å². The van der Waals surface area contributed by atoms with E-state index in [0.29, 0.717) is 0 Å². The molecule has 20 heavy (non-hydrogen) atoms. The molecule has 0 aliphatic rings. The number of nitrogens with two attached hydrogens (primary N) is 1. The van der Waals surface area contributed by atoms with E-state index in [9.17, 15) is 22.4 Å². The first-order valence-corrected chi connectivity index (χ1v) is 7.36. The van der Waals surface area contributed by atoms with Gasteiger partial charge in [0.05, 0.1) is 17.4 Å². The average molecular weight is 303 g/mol. The van der Waals surface area contributed by atoms with Crippen LogP contribution < -0.4 is 5.73 Å². The Hall–Kier alpha value is -1.96. The molecule has 0 saturated carbocycles. The molecule has 0 spiro atoms. The molecule has 8 heteroatoms. The van der Waals surface area contributed by atoms with E-state index in [1.165, 1.54) is 6.92 Å². The van der Waals surface area contributed by atoms with Gasteiger partial charge in [0.2, 0.25) is 5.91 Å². The van der Waals surface area contributed by atoms with Crippen LogP contribution in [0.2, 0.25) is 0 Å². The van der Waals surface area contributed by atoms with Gasteiger partial charge in [0.15, 0.2) is 9.84 Å². The predicted octanol–water partition coefficient (Wildman–Crippen LogP) is 0.703. The van der Waals surface area contributed by atoms with Crippen molar-refractivity contribution in [3.63, 3.8) is 0 Å². The molecule has 110 valence electrons. The quantitative estimate of drug-likeness (QED) is 0.803. The fourth-order valence-corrected chi connectivity index (χ4v) is 2.91. The highest BCUT2D eigenvalue weighted by Crippen LogP contribution is 2.18. The van der Waals surface area contributed by atoms with Crippen molar-refractivity contribution >= 4 is 21.7 Å². The summed E-state index contributed by atoms with van der Waals surface area (Å²) in [5.74, 6) is -3.54. The van der Waals surface area contributed by atoms with Crippen LogP contribution in [0.1, 0.15) is 29.3 Å². The van der Waals surface area contributed by atoms with Crippen LogP contribution in [0.4, 0.5) is 4.39 Å². The van der Waals surface area contributed by atoms with Gasteiger partial charge in [-0.1, -0.05) is 0 Å². The number of carbonyl (C=O) groups is 2. The van der Waals surface area contributed by atoms with Gasteiger partial charge in [-0.25, -0.2) is 12.8 Å². The molecule has 1 rings (SSSR count). The van der Waals surface area contributed by atoms with Gasteiger partial charge >= 0.3 is 5.97 Å². The van der Waals surface area contributed by atoms with Crippen molar-refractivity contribution in [3.8, 4) is 0 Å². The van der Waals surface area contributed by atoms with Crippen molar-refractivity contribution in [3.05, 3.63) is 35.1 Å². The molecule has 0 radical (unpaired) electrons. The highest BCUT2D eigenvalue weighted by Gasteiger charge is 2.25. The minimum Gasteiger partial charge on any atom is -0.481 e. The van der Waals surface area contributed by atoms with E-state index in [-0.39, 0.29) is 11.1 Å². The number of carboxylic acids is 1. The second-order valence-electron chi connectivity index (χ2n) is 4.39. The highest BCUT2D eigenvalue weighted by molar-refractivity contribution is 7.91. The zero-order valence-electron chi connectivity index (χ0n) is 10.7. The maximum Gasteiger partial charge on any atom is 0.304 e. The summed E-state index contributed by atoms with van der Waals surface area (Å²) in [6, 6.07) is 3.16. The molecule has 0 fully saturated rings. The van der Waals surface area contributed by atoms with E-state index in [1.807, 2.05) is 0 Å². The lowest BCUT2D eigenvalue weighted by Crippen LogP contribution is -2.23. The van der Waals surface area contributed by atoms with E-state index in [2.05, 4.69) is 0 Å². The number of primary amides is 1. The van der Waals surface area contributed by atoms with E-state index in [1.54, 1.807) is 0 Å². The fourth-order valence-electron chi connectivity index (χ4n) is 1.57. The molecule has 0 bridgehead atoms. The third kappa shape index (κ3) is 4.02. The molecule has 6 nitrogen and oxygen atoms in total. The summed E-state index contributed by atoms with van der Waals surface area (Å²) < 4.78 is 37.4. The van der Waals surface area contributed by atoms with Crippen LogP contribution in [0.15, 0.2) is 18.2 Å². The van der Waals surface area contributed by atoms with Crippen LogP contribution >= 0.6 is 0 Å². The minimum absolute atomic E-state index is 0.0116. The number of sulfone groups is 1. The Kier molecular flexibility index (Phi) is 4.83. The van der Waals surface area contributed by atoms with Gasteiger partial charge < -0.3 is 10.8 Å². The number of halogens is 1. The summed E-state index contributed by atoms with van der Waals surface area (Å²) in [5.41, 5.74) is 4.81. The van der Waals surface area contributed by atoms with E-state index >= 15 is 0 Å². The Morgan fingerprint density at radius 1 is 1.40 bits per heavy atom. The SMILES string of the molecule is CC(CC(=O)O)S(=O)(=O)Cc1cc(C(N)=O)ccc1F. The topological polar surface area (TPSA) is 115 Å². The summed E-state index contributed by atoms with van der Waals surface area (Å²) in [6.45, 7) is 1.24. The molecule has 0 saturated heterocycles. The third-order valence-corrected chi connectivity index (χ3v) is 4.87. The molecule has 3 N–H and O–H groups in total. The van der Waals surface area contributed by atoms with Gasteiger partial charge in [-0.2, -0.15) is 0 Å². The average Bonchev–Trinajstić information content (AvgIpc) is 2.30. The van der Waals surface area contributed by atoms with Crippen molar-refractivity contribution in [2.24, 2.45) is 5.73 Å². The zero-order chi connectivity index (χ0) is 15.5. The lowest BCUT2D eigenvalue weighted by atomic mass is 10.1. The lowest BCUT2D eigenvalue weighted by Gasteiger charge is -2.11. The second kappa shape index (κ2) is 6.00. The lowest BCUT2D eigenvalue weighted by molar-refractivity contribution is -0.136. The van der Waals surface area contributed by atoms with Crippen molar-refractivity contribution in [1.29, 1.82) is 0 Å². The van der Waals surface area contributed by atoms with E-state index in [0.717, 1.165) is 18.2 Å². The number of hydrogen-bond donors (Lipinski definition) is 2. The van der Waals surface area contributed by atoms with Crippen molar-refractivity contribution < 1.29 is 27.5 Å². The first-order chi connectivity index (χ1) is 9.13. The molecule has 0 aliphatic carbocycles. The number of hydrogen-bond acceptors (Lipinski definition) is 4. The van der Waals surface area contributed by atoms with Crippen molar-refractivity contribution in [1.82, 2.24) is 0 Å². The first-order valence-electron chi connectivity index (χ1n) is 5.65. The predicted molar refractivity (Wildman–Crippen MR) is 69.3 cm³/mol. The maximum atomic E-state index is 13.6. The second-order valence-corrected chi connectivity index (χ2v) is 6.81. The molecule has 1 unspecified atom stereocenters. The Morgan fingerprint density at radius 3 is 2.50 bits per heavy atom. The zero-order valence-corrected chi connectivity index (χ0v) is 11.5. The first kappa shape index (κ1) is 16.1. The largest absolute Gasteiger partial charge is 0.481 e. The van der Waals surface area contributed by atoms with E-state index < -0.39 is 45.0 Å². The molecular weight excluding hydrogens is 289 g/mol. The van der Waals surface area contributed by atoms with Crippen LogP contribution in [0.3, 0.4) is 0 Å². The molecule has 0 aliphatic heterocycles. The van der Waals surface area contributed by atoms with Gasteiger partial charge in [0.1, 0.15) is 5.82 Å². The van der Waals surface area contributed by atoms with Crippen molar-refractivity contribution in [2.45, 2.75) is 24.3 Å². The number of benzene rings is 1. The summed E-state index contributed by atoms with van der Waals surface area (Å²) in [5, 5.41) is 7.43. The van der Waals surface area contributed by atoms with E-state index in [4.69, 9.17) is 10.8 Å². The smallest absolute Gasteiger partial charge is 0.304 e. The molecule has 0 heterocycles. The van der Waals surface area contributed by atoms with Crippen molar-refractivity contribution in [2.75, 3.05) is 0 Å². The van der Waals surface area contributed by atoms with Crippen LogP contribution in [0.5, 0.6) is 0 Å². The van der Waals surface area contributed by atoms with Gasteiger partial charge in [0.25, 0.3) is 0 Å². The fraction of sp³-hybridized carbons (Fsp3) is 0.333. The number of rotatable bonds is 6. The summed E-state index contributed by atoms with van der Waals surface area (Å²) in [4.78, 5) is 21.5. The summed E-state index contributed by atoms with van der Waals surface area (Å²) in [6.07, 6.45) is -0.570. The molecule has 0 aromatic heterocycles. The number of carboxylic acid groups (broad SMARTS) is 1. The highest BCUT2D eigenvalue weighted by atomic mass is 32.2. The molecule has 1 atom stereocenters. The van der Waals surface area contributed by atoms with Crippen LogP contribution in [-0.4, -0.2) is 30.7 Å². The van der Waals surface area contributed by atoms with Crippen LogP contribution in [0, 0.1) is 5.82 Å². The Morgan fingerprint density at radius 2 is 2.00 bits per heavy atom. The minimum atomic E-state index is -3.85. The Bertz CT molecular complexity index is 641. The Labute approximate surface area is 115 Å². The van der Waals surface area contributed by atoms with Crippen LogP contribution in [-0.2, 0) is 20.4 Å². The normalized spacial score (nSPS) is 12.9. The van der Waals surface area contributed by atoms with Gasteiger partial charge in [0, 0.05) is 11.1 Å². The number of carbonyl (C=O) groups excluding carboxylic acids is 1. The third-order valence-electron chi connectivity index (χ3n) is 2.76. The summed E-state index contributed by atoms with van der Waals surface area (Å²) in [7, 11) is -3.85. The maximum absolute atomic E-state index is 13.6. The van der Waals surface area contributed by atoms with Gasteiger partial charge in [-0.15, -0.1) is 0 Å². The van der Waals surface area contributed by atoms with Gasteiger partial charge in [-0.3, -0.25) is 9.59 Å². The summed E-state index contributed by atoms with van der Waals surface area (Å²) >= 11 is 0. The molecule has 1 aromatic rings. The van der Waals surface area contributed by atoms with Gasteiger partial charge in [-0.05, 0) is 25.1 Å². The molecular formula is C12H14FNO5S. The number of aliphatic carboxylic acids is 1. The molecule has 1 aromatic carbocycles. The monoisotopic (exact) mass is 303 g/mol.